The minimum Gasteiger partial charge on any atom is -0.480 e. The van der Waals surface area contributed by atoms with Gasteiger partial charge in [-0.1, -0.05) is 54.6 Å². The molecule has 1 unspecified atom stereocenters. The topological polar surface area (TPSA) is 131 Å². The molecule has 1 aliphatic carbocycles. The van der Waals surface area contributed by atoms with Crippen molar-refractivity contribution in [2.45, 2.75) is 37.3 Å². The molecule has 3 rings (SSSR count). The van der Waals surface area contributed by atoms with E-state index in [0.717, 1.165) is 29.4 Å². The number of benzene rings is 2. The van der Waals surface area contributed by atoms with Gasteiger partial charge in [-0.3, -0.25) is 9.59 Å². The van der Waals surface area contributed by atoms with Gasteiger partial charge >= 0.3 is 18.0 Å². The third-order valence-corrected chi connectivity index (χ3v) is 5.82. The lowest BCUT2D eigenvalue weighted by Crippen LogP contribution is -2.52. The van der Waals surface area contributed by atoms with Crippen molar-refractivity contribution in [3.05, 3.63) is 72.3 Å². The third-order valence-electron chi connectivity index (χ3n) is 5.82. The third kappa shape index (κ3) is 6.26. The standard InChI is InChI=1S/C26H28N2O7/c1-3-4-13-21(24(30)27-22(25(31)32)14-23(29)34-2)28-26(33)35-15-20-18-11-7-5-9-16(18)17-10-6-8-12-19(17)20/h3,5-12,20-22H,1,4,13-15H2,2H3,(H,27,30)(H,28,33)(H,31,32)/t21?,22-/m1/s1. The molecule has 3 N–H and O–H groups in total. The molecule has 0 saturated carbocycles. The Labute approximate surface area is 203 Å². The zero-order chi connectivity index (χ0) is 25.4. The molecule has 0 aromatic heterocycles. The number of methoxy groups -OCH3 is 1. The number of amides is 2. The molecule has 1 aliphatic rings. The fourth-order valence-corrected chi connectivity index (χ4v) is 4.06. The molecule has 9 nitrogen and oxygen atoms in total. The Morgan fingerprint density at radius 1 is 1.00 bits per heavy atom. The van der Waals surface area contributed by atoms with E-state index in [-0.39, 0.29) is 18.9 Å². The van der Waals surface area contributed by atoms with Gasteiger partial charge in [0.2, 0.25) is 5.91 Å². The second-order valence-corrected chi connectivity index (χ2v) is 8.07. The maximum Gasteiger partial charge on any atom is 0.407 e. The van der Waals surface area contributed by atoms with E-state index in [4.69, 9.17) is 4.74 Å². The molecular formula is C26H28N2O7. The van der Waals surface area contributed by atoms with E-state index in [2.05, 4.69) is 21.9 Å². The van der Waals surface area contributed by atoms with Crippen LogP contribution in [0.25, 0.3) is 11.1 Å². The quantitative estimate of drug-likeness (QED) is 0.333. The Kier molecular flexibility index (Phi) is 8.61. The van der Waals surface area contributed by atoms with Crippen LogP contribution < -0.4 is 10.6 Å². The first kappa shape index (κ1) is 25.5. The maximum atomic E-state index is 12.7. The number of esters is 1. The molecule has 0 fully saturated rings. The number of rotatable bonds is 11. The van der Waals surface area contributed by atoms with Gasteiger partial charge in [-0.25, -0.2) is 9.59 Å². The summed E-state index contributed by atoms with van der Waals surface area (Å²) in [5, 5.41) is 14.1. The predicted octanol–water partition coefficient (Wildman–Crippen LogP) is 2.99. The SMILES string of the molecule is C=CCCC(NC(=O)OCC1c2ccccc2-c2ccccc21)C(=O)N[C@H](CC(=O)OC)C(=O)O. The number of aliphatic carboxylic acids is 1. The number of allylic oxidation sites excluding steroid dienone is 1. The molecule has 2 atom stereocenters. The number of carbonyl (C=O) groups is 4. The minimum absolute atomic E-state index is 0.0652. The van der Waals surface area contributed by atoms with E-state index in [0.29, 0.717) is 6.42 Å². The van der Waals surface area contributed by atoms with Crippen LogP contribution in [0.5, 0.6) is 0 Å². The second-order valence-electron chi connectivity index (χ2n) is 8.07. The second kappa shape index (κ2) is 11.8. The van der Waals surface area contributed by atoms with Crippen LogP contribution in [0.3, 0.4) is 0 Å². The van der Waals surface area contributed by atoms with Crippen LogP contribution >= 0.6 is 0 Å². The first-order chi connectivity index (χ1) is 16.8. The maximum absolute atomic E-state index is 12.7. The van der Waals surface area contributed by atoms with E-state index in [1.54, 1.807) is 6.08 Å². The summed E-state index contributed by atoms with van der Waals surface area (Å²) in [6, 6.07) is 13.2. The number of fused-ring (bicyclic) bond motifs is 3. The summed E-state index contributed by atoms with van der Waals surface area (Å²) >= 11 is 0. The Morgan fingerprint density at radius 2 is 1.60 bits per heavy atom. The van der Waals surface area contributed by atoms with E-state index in [1.807, 2.05) is 48.5 Å². The Balaban J connectivity index is 1.65. The minimum atomic E-state index is -1.49. The van der Waals surface area contributed by atoms with E-state index >= 15 is 0 Å². The highest BCUT2D eigenvalue weighted by atomic mass is 16.5. The van der Waals surface area contributed by atoms with Crippen molar-refractivity contribution in [1.29, 1.82) is 0 Å². The van der Waals surface area contributed by atoms with Gasteiger partial charge in [0.05, 0.1) is 13.5 Å². The smallest absolute Gasteiger partial charge is 0.407 e. The average molecular weight is 481 g/mol. The normalized spacial score (nSPS) is 13.5. The first-order valence-electron chi connectivity index (χ1n) is 11.2. The fourth-order valence-electron chi connectivity index (χ4n) is 4.06. The molecule has 35 heavy (non-hydrogen) atoms. The van der Waals surface area contributed by atoms with Crippen LogP contribution in [0.4, 0.5) is 4.79 Å². The largest absolute Gasteiger partial charge is 0.480 e. The number of nitrogens with one attached hydrogen (secondary N) is 2. The van der Waals surface area contributed by atoms with Crippen molar-refractivity contribution < 1.29 is 33.8 Å². The van der Waals surface area contributed by atoms with Crippen LogP contribution in [0.1, 0.15) is 36.3 Å². The fraction of sp³-hybridized carbons (Fsp3) is 0.308. The zero-order valence-electron chi connectivity index (χ0n) is 19.4. The Bertz CT molecular complexity index is 1070. The summed E-state index contributed by atoms with van der Waals surface area (Å²) in [4.78, 5) is 48.3. The Hall–Kier alpha value is -4.14. The van der Waals surface area contributed by atoms with E-state index in [1.165, 1.54) is 0 Å². The molecule has 9 heteroatoms. The van der Waals surface area contributed by atoms with Crippen molar-refractivity contribution in [3.63, 3.8) is 0 Å². The van der Waals surface area contributed by atoms with Gasteiger partial charge in [0.1, 0.15) is 18.7 Å². The molecule has 2 aromatic carbocycles. The van der Waals surface area contributed by atoms with Crippen molar-refractivity contribution in [2.75, 3.05) is 13.7 Å². The van der Waals surface area contributed by atoms with Gasteiger partial charge in [0, 0.05) is 5.92 Å². The zero-order valence-corrected chi connectivity index (χ0v) is 19.4. The first-order valence-corrected chi connectivity index (χ1v) is 11.2. The number of carboxylic acids is 1. The van der Waals surface area contributed by atoms with Crippen LogP contribution in [-0.4, -0.2) is 54.8 Å². The summed E-state index contributed by atoms with van der Waals surface area (Å²) < 4.78 is 9.96. The number of hydrogen-bond donors (Lipinski definition) is 3. The number of hydrogen-bond acceptors (Lipinski definition) is 6. The molecule has 184 valence electrons. The lowest BCUT2D eigenvalue weighted by atomic mass is 9.98. The highest BCUT2D eigenvalue weighted by Gasteiger charge is 2.31. The van der Waals surface area contributed by atoms with Crippen LogP contribution in [0.2, 0.25) is 0 Å². The highest BCUT2D eigenvalue weighted by Crippen LogP contribution is 2.44. The van der Waals surface area contributed by atoms with Crippen LogP contribution in [0.15, 0.2) is 61.2 Å². The van der Waals surface area contributed by atoms with Crippen molar-refractivity contribution in [3.8, 4) is 11.1 Å². The van der Waals surface area contributed by atoms with Gasteiger partial charge in [-0.2, -0.15) is 0 Å². The van der Waals surface area contributed by atoms with Gasteiger partial charge < -0.3 is 25.2 Å². The predicted molar refractivity (Wildman–Crippen MR) is 128 cm³/mol. The molecule has 2 amide bonds. The van der Waals surface area contributed by atoms with Gasteiger partial charge in [0.15, 0.2) is 0 Å². The van der Waals surface area contributed by atoms with E-state index < -0.39 is 42.4 Å². The summed E-state index contributed by atoms with van der Waals surface area (Å²) in [7, 11) is 1.12. The number of carboxylic acid groups (broad SMARTS) is 1. The van der Waals surface area contributed by atoms with Crippen molar-refractivity contribution >= 4 is 23.9 Å². The van der Waals surface area contributed by atoms with Gasteiger partial charge in [-0.15, -0.1) is 6.58 Å². The number of carbonyl (C=O) groups excluding carboxylic acids is 3. The lowest BCUT2D eigenvalue weighted by Gasteiger charge is -2.21. The number of alkyl carbamates (subject to hydrolysis) is 1. The molecule has 0 saturated heterocycles. The highest BCUT2D eigenvalue weighted by molar-refractivity contribution is 5.91. The van der Waals surface area contributed by atoms with Crippen molar-refractivity contribution in [1.82, 2.24) is 10.6 Å². The van der Waals surface area contributed by atoms with Crippen LogP contribution in [0, 0.1) is 0 Å². The summed E-state index contributed by atoms with van der Waals surface area (Å²) in [5.41, 5.74) is 4.28. The molecule has 0 spiro atoms. The molecule has 0 radical (unpaired) electrons. The summed E-state index contributed by atoms with van der Waals surface area (Å²) in [5.74, 6) is -3.08. The van der Waals surface area contributed by atoms with Gasteiger partial charge in [-0.05, 0) is 35.1 Å². The summed E-state index contributed by atoms with van der Waals surface area (Å²) in [6.07, 6.45) is 0.774. The van der Waals surface area contributed by atoms with Crippen molar-refractivity contribution in [2.24, 2.45) is 0 Å². The monoisotopic (exact) mass is 480 g/mol. The Morgan fingerprint density at radius 3 is 2.14 bits per heavy atom. The molecule has 2 aromatic rings. The molecule has 0 bridgehead atoms. The lowest BCUT2D eigenvalue weighted by molar-refractivity contribution is -0.149. The molecular weight excluding hydrogens is 452 g/mol. The molecule has 0 aliphatic heterocycles. The summed E-state index contributed by atoms with van der Waals surface area (Å²) in [6.45, 7) is 3.68. The van der Waals surface area contributed by atoms with E-state index in [9.17, 15) is 24.3 Å². The average Bonchev–Trinajstić information content (AvgIpc) is 3.18. The van der Waals surface area contributed by atoms with Crippen LogP contribution in [-0.2, 0) is 23.9 Å². The number of ether oxygens (including phenoxy) is 2. The van der Waals surface area contributed by atoms with Gasteiger partial charge in [0.25, 0.3) is 0 Å². The molecule has 0 heterocycles.